The van der Waals surface area contributed by atoms with Crippen molar-refractivity contribution in [1.29, 1.82) is 10.5 Å². The highest BCUT2D eigenvalue weighted by atomic mass is 14.9. The van der Waals surface area contributed by atoms with Gasteiger partial charge in [0.1, 0.15) is 12.1 Å². The van der Waals surface area contributed by atoms with Crippen LogP contribution in [-0.2, 0) is 0 Å². The molecule has 0 aliphatic heterocycles. The number of nitriles is 2. The molecule has 1 rings (SSSR count). The van der Waals surface area contributed by atoms with Crippen molar-refractivity contribution >= 4 is 5.69 Å². The molecule has 0 aromatic heterocycles. The van der Waals surface area contributed by atoms with Crippen molar-refractivity contribution in [3.05, 3.63) is 29.3 Å². The minimum absolute atomic E-state index is 0.436. The smallest absolute Gasteiger partial charge is 0.101 e. The third kappa shape index (κ3) is 4.64. The van der Waals surface area contributed by atoms with Gasteiger partial charge in [0.05, 0.1) is 11.1 Å². The summed E-state index contributed by atoms with van der Waals surface area (Å²) in [5.74, 6) is 0.668. The van der Waals surface area contributed by atoms with E-state index in [0.717, 1.165) is 18.7 Å². The van der Waals surface area contributed by atoms with Crippen molar-refractivity contribution in [1.82, 2.24) is 0 Å². The highest BCUT2D eigenvalue weighted by Gasteiger charge is 2.07. The van der Waals surface area contributed by atoms with Crippen LogP contribution >= 0.6 is 0 Å². The first kappa shape index (κ1) is 15.1. The van der Waals surface area contributed by atoms with Crippen LogP contribution in [0.5, 0.6) is 0 Å². The molecule has 0 saturated carbocycles. The number of unbranched alkanes of at least 4 members (excludes halogenated alkanes) is 1. The monoisotopic (exact) mass is 255 g/mol. The van der Waals surface area contributed by atoms with E-state index in [1.54, 1.807) is 12.1 Å². The van der Waals surface area contributed by atoms with Gasteiger partial charge in [-0.25, -0.2) is 0 Å². The molecule has 0 spiro atoms. The lowest BCUT2D eigenvalue weighted by Gasteiger charge is -2.16. The quantitative estimate of drug-likeness (QED) is 0.799. The van der Waals surface area contributed by atoms with Crippen LogP contribution in [-0.4, -0.2) is 6.54 Å². The van der Waals surface area contributed by atoms with Gasteiger partial charge in [0.25, 0.3) is 0 Å². The fraction of sp³-hybridized carbons (Fsp3) is 0.500. The number of hydrogen-bond donors (Lipinski definition) is 1. The third-order valence-electron chi connectivity index (χ3n) is 3.40. The van der Waals surface area contributed by atoms with E-state index in [1.165, 1.54) is 19.3 Å². The van der Waals surface area contributed by atoms with Crippen molar-refractivity contribution in [3.8, 4) is 12.1 Å². The lowest BCUT2D eigenvalue weighted by molar-refractivity contribution is 0.473. The summed E-state index contributed by atoms with van der Waals surface area (Å²) >= 11 is 0. The fourth-order valence-electron chi connectivity index (χ4n) is 2.05. The zero-order valence-electron chi connectivity index (χ0n) is 11.7. The van der Waals surface area contributed by atoms with Gasteiger partial charge in [0.15, 0.2) is 0 Å². The molecule has 0 radical (unpaired) electrons. The van der Waals surface area contributed by atoms with Gasteiger partial charge < -0.3 is 5.32 Å². The number of rotatable bonds is 7. The average Bonchev–Trinajstić information content (AvgIpc) is 2.47. The molecule has 3 nitrogen and oxygen atoms in total. The molecule has 0 bridgehead atoms. The molecule has 0 amide bonds. The van der Waals surface area contributed by atoms with Crippen LogP contribution in [0.25, 0.3) is 0 Å². The van der Waals surface area contributed by atoms with Gasteiger partial charge in [-0.3, -0.25) is 0 Å². The maximum Gasteiger partial charge on any atom is 0.101 e. The lowest BCUT2D eigenvalue weighted by atomic mass is 9.99. The number of nitrogens with zero attached hydrogens (tertiary/aromatic N) is 2. The van der Waals surface area contributed by atoms with Gasteiger partial charge in [-0.05, 0) is 30.5 Å². The van der Waals surface area contributed by atoms with Gasteiger partial charge in [0, 0.05) is 12.2 Å². The summed E-state index contributed by atoms with van der Waals surface area (Å²) in [4.78, 5) is 0. The first-order valence-corrected chi connectivity index (χ1v) is 6.93. The van der Waals surface area contributed by atoms with Crippen molar-refractivity contribution in [2.45, 2.75) is 39.5 Å². The summed E-state index contributed by atoms with van der Waals surface area (Å²) < 4.78 is 0. The van der Waals surface area contributed by atoms with E-state index in [2.05, 4.69) is 25.2 Å². The van der Waals surface area contributed by atoms with Crippen molar-refractivity contribution in [3.63, 3.8) is 0 Å². The Morgan fingerprint density at radius 1 is 1.16 bits per heavy atom. The summed E-state index contributed by atoms with van der Waals surface area (Å²) in [6.45, 7) is 5.34. The molecular formula is C16H21N3. The summed E-state index contributed by atoms with van der Waals surface area (Å²) in [5.41, 5.74) is 1.80. The molecular weight excluding hydrogens is 234 g/mol. The molecule has 0 aliphatic carbocycles. The van der Waals surface area contributed by atoms with Crippen LogP contribution < -0.4 is 5.32 Å². The molecule has 1 atom stereocenters. The molecule has 0 fully saturated rings. The minimum Gasteiger partial charge on any atom is -0.385 e. The van der Waals surface area contributed by atoms with E-state index in [1.807, 2.05) is 12.1 Å². The molecule has 3 heteroatoms. The van der Waals surface area contributed by atoms with Crippen molar-refractivity contribution in [2.75, 3.05) is 11.9 Å². The van der Waals surface area contributed by atoms with Gasteiger partial charge in [-0.15, -0.1) is 0 Å². The average molecular weight is 255 g/mol. The second-order valence-electron chi connectivity index (χ2n) is 4.78. The molecule has 0 heterocycles. The van der Waals surface area contributed by atoms with E-state index in [4.69, 9.17) is 10.5 Å². The van der Waals surface area contributed by atoms with Crippen LogP contribution in [0.3, 0.4) is 0 Å². The Morgan fingerprint density at radius 2 is 1.89 bits per heavy atom. The largest absolute Gasteiger partial charge is 0.385 e. The van der Waals surface area contributed by atoms with E-state index in [0.29, 0.717) is 17.0 Å². The Labute approximate surface area is 115 Å². The summed E-state index contributed by atoms with van der Waals surface area (Å²) in [7, 11) is 0. The SMILES string of the molecule is CCCCC(CC)CNc1ccc(C#N)c(C#N)c1. The minimum atomic E-state index is 0.436. The molecule has 0 saturated heterocycles. The standard InChI is InChI=1S/C16H21N3/c1-3-5-6-13(4-2)12-19-16-8-7-14(10-17)15(9-16)11-18/h7-9,13,19H,3-6,12H2,1-2H3. The third-order valence-corrected chi connectivity index (χ3v) is 3.40. The van der Waals surface area contributed by atoms with Gasteiger partial charge in [-0.1, -0.05) is 33.1 Å². The number of nitrogens with one attached hydrogen (secondary N) is 1. The zero-order valence-corrected chi connectivity index (χ0v) is 11.7. The fourth-order valence-corrected chi connectivity index (χ4v) is 2.05. The molecule has 19 heavy (non-hydrogen) atoms. The summed E-state index contributed by atoms with van der Waals surface area (Å²) in [6, 6.07) is 9.41. The second-order valence-corrected chi connectivity index (χ2v) is 4.78. The maximum atomic E-state index is 8.98. The Bertz CT molecular complexity index is 480. The number of anilines is 1. The predicted octanol–water partition coefficient (Wildman–Crippen LogP) is 4.06. The van der Waals surface area contributed by atoms with Crippen molar-refractivity contribution in [2.24, 2.45) is 5.92 Å². The molecule has 1 N–H and O–H groups in total. The van der Waals surface area contributed by atoms with E-state index in [9.17, 15) is 0 Å². The van der Waals surface area contributed by atoms with E-state index in [-0.39, 0.29) is 0 Å². The van der Waals surface area contributed by atoms with Gasteiger partial charge >= 0.3 is 0 Å². The summed E-state index contributed by atoms with van der Waals surface area (Å²) in [6.07, 6.45) is 4.89. The van der Waals surface area contributed by atoms with Crippen LogP contribution in [0.2, 0.25) is 0 Å². The highest BCUT2D eigenvalue weighted by Crippen LogP contribution is 2.17. The van der Waals surface area contributed by atoms with Crippen LogP contribution in [0.4, 0.5) is 5.69 Å². The van der Waals surface area contributed by atoms with Crippen molar-refractivity contribution < 1.29 is 0 Å². The lowest BCUT2D eigenvalue weighted by Crippen LogP contribution is -2.13. The maximum absolute atomic E-state index is 8.98. The normalized spacial score (nSPS) is 11.4. The zero-order chi connectivity index (χ0) is 14.1. The topological polar surface area (TPSA) is 59.6 Å². The van der Waals surface area contributed by atoms with Crippen LogP contribution in [0.1, 0.15) is 50.7 Å². The Hall–Kier alpha value is -2.00. The van der Waals surface area contributed by atoms with Crippen LogP contribution in [0.15, 0.2) is 18.2 Å². The first-order valence-electron chi connectivity index (χ1n) is 6.93. The molecule has 100 valence electrons. The van der Waals surface area contributed by atoms with Gasteiger partial charge in [0.2, 0.25) is 0 Å². The Morgan fingerprint density at radius 3 is 2.47 bits per heavy atom. The Balaban J connectivity index is 2.63. The van der Waals surface area contributed by atoms with Crippen LogP contribution in [0, 0.1) is 28.6 Å². The molecule has 1 aromatic carbocycles. The number of hydrogen-bond acceptors (Lipinski definition) is 3. The summed E-state index contributed by atoms with van der Waals surface area (Å²) in [5, 5.41) is 21.2. The number of benzene rings is 1. The highest BCUT2D eigenvalue weighted by molar-refractivity contribution is 5.56. The predicted molar refractivity (Wildman–Crippen MR) is 77.7 cm³/mol. The Kier molecular flexibility index (Phi) is 6.47. The second kappa shape index (κ2) is 8.16. The van der Waals surface area contributed by atoms with E-state index >= 15 is 0 Å². The molecule has 1 aromatic rings. The molecule has 0 aliphatic rings. The van der Waals surface area contributed by atoms with Gasteiger partial charge in [-0.2, -0.15) is 10.5 Å². The first-order chi connectivity index (χ1) is 9.24. The van der Waals surface area contributed by atoms with E-state index < -0.39 is 0 Å². The molecule has 1 unspecified atom stereocenters.